The van der Waals surface area contributed by atoms with Crippen molar-refractivity contribution in [2.75, 3.05) is 13.2 Å². The van der Waals surface area contributed by atoms with Crippen LogP contribution in [0.1, 0.15) is 53.7 Å². The van der Waals surface area contributed by atoms with Crippen molar-refractivity contribution in [3.8, 4) is 5.75 Å². The van der Waals surface area contributed by atoms with Gasteiger partial charge in [0.25, 0.3) is 0 Å². The third-order valence-corrected chi connectivity index (χ3v) is 5.00. The SMILES string of the molecule is CCOC(=O)c1cc(OCC(=O)C2CC2)ccc1/C(C)=N/OCc1ccc(C(F)(F)F)cc1. The van der Waals surface area contributed by atoms with Gasteiger partial charge in [-0.15, -0.1) is 0 Å². The van der Waals surface area contributed by atoms with E-state index in [0.717, 1.165) is 25.0 Å². The minimum Gasteiger partial charge on any atom is -0.486 e. The number of hydrogen-bond acceptors (Lipinski definition) is 6. The van der Waals surface area contributed by atoms with E-state index in [1.165, 1.54) is 18.2 Å². The van der Waals surface area contributed by atoms with Crippen LogP contribution in [0, 0.1) is 5.92 Å². The quantitative estimate of drug-likeness (QED) is 0.276. The first-order chi connectivity index (χ1) is 15.7. The van der Waals surface area contributed by atoms with E-state index < -0.39 is 17.7 Å². The highest BCUT2D eigenvalue weighted by Gasteiger charge is 2.30. The first kappa shape index (κ1) is 24.3. The van der Waals surface area contributed by atoms with Crippen molar-refractivity contribution in [2.24, 2.45) is 11.1 Å². The third kappa shape index (κ3) is 6.81. The maximum absolute atomic E-state index is 12.7. The fourth-order valence-corrected chi connectivity index (χ4v) is 3.03. The van der Waals surface area contributed by atoms with E-state index in [9.17, 15) is 22.8 Å². The number of rotatable bonds is 10. The molecule has 1 saturated carbocycles. The predicted octanol–water partition coefficient (Wildman–Crippen LogP) is 5.18. The van der Waals surface area contributed by atoms with Crippen LogP contribution in [-0.2, 0) is 27.2 Å². The molecule has 0 heterocycles. The van der Waals surface area contributed by atoms with E-state index in [1.54, 1.807) is 26.0 Å². The van der Waals surface area contributed by atoms with Crippen molar-refractivity contribution in [2.45, 2.75) is 39.5 Å². The minimum atomic E-state index is -4.40. The molecule has 0 aromatic heterocycles. The Hall–Kier alpha value is -3.36. The highest BCUT2D eigenvalue weighted by Crippen LogP contribution is 2.30. The molecule has 1 aliphatic rings. The van der Waals surface area contributed by atoms with Gasteiger partial charge < -0.3 is 14.3 Å². The van der Waals surface area contributed by atoms with E-state index in [0.29, 0.717) is 22.6 Å². The first-order valence-electron chi connectivity index (χ1n) is 10.5. The molecule has 0 saturated heterocycles. The van der Waals surface area contributed by atoms with Gasteiger partial charge in [0.15, 0.2) is 5.78 Å². The molecule has 0 unspecified atom stereocenters. The molecular formula is C24H24F3NO5. The number of benzene rings is 2. The van der Waals surface area contributed by atoms with Crippen LogP contribution in [-0.4, -0.2) is 30.7 Å². The fourth-order valence-electron chi connectivity index (χ4n) is 3.03. The number of ketones is 1. The number of carbonyl (C=O) groups is 2. The maximum Gasteiger partial charge on any atom is 0.416 e. The number of carbonyl (C=O) groups excluding carboxylic acids is 2. The monoisotopic (exact) mass is 463 g/mol. The Kier molecular flexibility index (Phi) is 7.73. The van der Waals surface area contributed by atoms with Crippen molar-refractivity contribution in [1.29, 1.82) is 0 Å². The van der Waals surface area contributed by atoms with Crippen LogP contribution in [0.5, 0.6) is 5.75 Å². The standard InChI is InChI=1S/C24H24F3NO5/c1-3-31-23(30)21-12-19(32-14-22(29)17-6-7-17)10-11-20(21)15(2)28-33-13-16-4-8-18(9-5-16)24(25,26)27/h4-5,8-12,17H,3,6-7,13-14H2,1-2H3/b28-15+. The van der Waals surface area contributed by atoms with Crippen molar-refractivity contribution in [1.82, 2.24) is 0 Å². The third-order valence-electron chi connectivity index (χ3n) is 5.00. The van der Waals surface area contributed by atoms with Crippen LogP contribution < -0.4 is 4.74 Å². The molecular weight excluding hydrogens is 439 g/mol. The van der Waals surface area contributed by atoms with Crippen molar-refractivity contribution < 1.29 is 37.1 Å². The fraction of sp³-hybridized carbons (Fsp3) is 0.375. The zero-order valence-corrected chi connectivity index (χ0v) is 18.3. The van der Waals surface area contributed by atoms with Gasteiger partial charge in [-0.25, -0.2) is 4.79 Å². The Labute approximate surface area is 189 Å². The second kappa shape index (κ2) is 10.5. The Bertz CT molecular complexity index is 1030. The smallest absolute Gasteiger partial charge is 0.416 e. The summed E-state index contributed by atoms with van der Waals surface area (Å²) >= 11 is 0. The van der Waals surface area contributed by atoms with E-state index in [-0.39, 0.29) is 37.1 Å². The van der Waals surface area contributed by atoms with E-state index in [2.05, 4.69) is 5.16 Å². The van der Waals surface area contributed by atoms with Gasteiger partial charge in [0.05, 0.1) is 23.4 Å². The second-order valence-corrected chi connectivity index (χ2v) is 7.60. The summed E-state index contributed by atoms with van der Waals surface area (Å²) in [5, 5.41) is 3.99. The number of hydrogen-bond donors (Lipinski definition) is 0. The van der Waals surface area contributed by atoms with Crippen LogP contribution >= 0.6 is 0 Å². The van der Waals surface area contributed by atoms with Gasteiger partial charge in [0, 0.05) is 11.5 Å². The summed E-state index contributed by atoms with van der Waals surface area (Å²) in [6.07, 6.45) is -2.63. The molecule has 0 bridgehead atoms. The molecule has 6 nitrogen and oxygen atoms in total. The van der Waals surface area contributed by atoms with Crippen molar-refractivity contribution in [3.63, 3.8) is 0 Å². The topological polar surface area (TPSA) is 74.2 Å². The van der Waals surface area contributed by atoms with Crippen LogP contribution in [0.4, 0.5) is 13.2 Å². The summed E-state index contributed by atoms with van der Waals surface area (Å²) in [4.78, 5) is 29.6. The lowest BCUT2D eigenvalue weighted by atomic mass is 10.0. The number of nitrogens with zero attached hydrogens (tertiary/aromatic N) is 1. The molecule has 1 fully saturated rings. The molecule has 0 aliphatic heterocycles. The lowest BCUT2D eigenvalue weighted by Gasteiger charge is -2.12. The zero-order valence-electron chi connectivity index (χ0n) is 18.3. The Morgan fingerprint density at radius 3 is 2.36 bits per heavy atom. The lowest BCUT2D eigenvalue weighted by molar-refractivity contribution is -0.137. The van der Waals surface area contributed by atoms with Gasteiger partial charge in [-0.1, -0.05) is 17.3 Å². The predicted molar refractivity (Wildman–Crippen MR) is 114 cm³/mol. The van der Waals surface area contributed by atoms with Crippen LogP contribution in [0.3, 0.4) is 0 Å². The van der Waals surface area contributed by atoms with Gasteiger partial charge in [-0.05, 0) is 62.6 Å². The molecule has 0 radical (unpaired) electrons. The molecule has 0 atom stereocenters. The number of alkyl halides is 3. The second-order valence-electron chi connectivity index (χ2n) is 7.60. The molecule has 0 spiro atoms. The van der Waals surface area contributed by atoms with E-state index >= 15 is 0 Å². The average Bonchev–Trinajstić information content (AvgIpc) is 3.63. The molecule has 0 N–H and O–H groups in total. The van der Waals surface area contributed by atoms with Crippen molar-refractivity contribution >= 4 is 17.5 Å². The number of esters is 1. The van der Waals surface area contributed by atoms with E-state index in [4.69, 9.17) is 14.3 Å². The average molecular weight is 463 g/mol. The van der Waals surface area contributed by atoms with E-state index in [1.807, 2.05) is 0 Å². The zero-order chi connectivity index (χ0) is 24.0. The first-order valence-corrected chi connectivity index (χ1v) is 10.5. The summed E-state index contributed by atoms with van der Waals surface area (Å²) in [5.41, 5.74) is 0.778. The van der Waals surface area contributed by atoms with Gasteiger partial charge >= 0.3 is 12.1 Å². The molecule has 33 heavy (non-hydrogen) atoms. The molecule has 3 rings (SSSR count). The molecule has 2 aromatic rings. The van der Waals surface area contributed by atoms with Crippen molar-refractivity contribution in [3.05, 3.63) is 64.7 Å². The Morgan fingerprint density at radius 2 is 1.76 bits per heavy atom. The molecule has 1 aliphatic carbocycles. The van der Waals surface area contributed by atoms with Crippen LogP contribution in [0.25, 0.3) is 0 Å². The van der Waals surface area contributed by atoms with Gasteiger partial charge in [-0.2, -0.15) is 13.2 Å². The van der Waals surface area contributed by atoms with Gasteiger partial charge in [0.1, 0.15) is 19.0 Å². The largest absolute Gasteiger partial charge is 0.486 e. The lowest BCUT2D eigenvalue weighted by Crippen LogP contribution is -2.15. The summed E-state index contributed by atoms with van der Waals surface area (Å²) in [6.45, 7) is 3.37. The molecule has 2 aromatic carbocycles. The highest BCUT2D eigenvalue weighted by molar-refractivity contribution is 6.08. The summed E-state index contributed by atoms with van der Waals surface area (Å²) in [6, 6.07) is 9.29. The number of ether oxygens (including phenoxy) is 2. The summed E-state index contributed by atoms with van der Waals surface area (Å²) < 4.78 is 48.6. The molecule has 9 heteroatoms. The minimum absolute atomic E-state index is 0.0335. The van der Waals surface area contributed by atoms with Gasteiger partial charge in [0.2, 0.25) is 0 Å². The summed E-state index contributed by atoms with van der Waals surface area (Å²) in [7, 11) is 0. The normalized spacial score (nSPS) is 14.0. The Balaban J connectivity index is 1.70. The maximum atomic E-state index is 12.7. The summed E-state index contributed by atoms with van der Waals surface area (Å²) in [5.74, 6) is -0.116. The number of oxime groups is 1. The molecule has 176 valence electrons. The number of halogens is 3. The van der Waals surface area contributed by atoms with Crippen LogP contribution in [0.15, 0.2) is 47.6 Å². The Morgan fingerprint density at radius 1 is 1.06 bits per heavy atom. The van der Waals surface area contributed by atoms with Crippen LogP contribution in [0.2, 0.25) is 0 Å². The molecule has 0 amide bonds. The number of Topliss-reactive ketones (excluding diaryl/α,β-unsaturated/α-hetero) is 1. The van der Waals surface area contributed by atoms with Gasteiger partial charge in [-0.3, -0.25) is 4.79 Å². The highest BCUT2D eigenvalue weighted by atomic mass is 19.4.